The highest BCUT2D eigenvalue weighted by Gasteiger charge is 2.04. The lowest BCUT2D eigenvalue weighted by molar-refractivity contribution is 0.281. The third kappa shape index (κ3) is 3.10. The molecule has 0 aliphatic carbocycles. The van der Waals surface area contributed by atoms with E-state index in [2.05, 4.69) is 15.9 Å². The Morgan fingerprint density at radius 1 is 1.11 bits per heavy atom. The second-order valence-corrected chi connectivity index (χ2v) is 4.78. The highest BCUT2D eigenvalue weighted by molar-refractivity contribution is 9.10. The second-order valence-electron chi connectivity index (χ2n) is 3.86. The fourth-order valence-corrected chi connectivity index (χ4v) is 2.01. The Hall–Kier alpha value is -1.36. The molecule has 2 aromatic carbocycles. The molecule has 0 atom stereocenters. The maximum atomic E-state index is 8.97. The summed E-state index contributed by atoms with van der Waals surface area (Å²) in [6.45, 7) is 0.454. The van der Waals surface area contributed by atoms with E-state index < -0.39 is 0 Å². The molecule has 4 heteroatoms. The summed E-state index contributed by atoms with van der Waals surface area (Å²) in [6.07, 6.45) is 0. The third-order valence-corrected chi connectivity index (χ3v) is 3.07. The first-order chi connectivity index (χ1) is 8.72. The number of benzene rings is 2. The van der Waals surface area contributed by atoms with E-state index in [-0.39, 0.29) is 6.61 Å². The van der Waals surface area contributed by atoms with Gasteiger partial charge in [0.2, 0.25) is 0 Å². The SMILES string of the molecule is NCc1cc(Br)ccc1Oc1ccc(CO)cc1. The molecule has 0 aliphatic rings. The van der Waals surface area contributed by atoms with Gasteiger partial charge in [-0.25, -0.2) is 0 Å². The monoisotopic (exact) mass is 307 g/mol. The standard InChI is InChI=1S/C14H14BrNO2/c15-12-3-6-14(11(7-12)8-16)18-13-4-1-10(9-17)2-5-13/h1-7,17H,8-9,16H2. The van der Waals surface area contributed by atoms with Crippen molar-refractivity contribution in [2.45, 2.75) is 13.2 Å². The highest BCUT2D eigenvalue weighted by atomic mass is 79.9. The van der Waals surface area contributed by atoms with E-state index in [4.69, 9.17) is 15.6 Å². The first-order valence-corrected chi connectivity index (χ1v) is 6.38. The summed E-state index contributed by atoms with van der Waals surface area (Å²) in [5, 5.41) is 8.97. The Balaban J connectivity index is 2.22. The van der Waals surface area contributed by atoms with E-state index >= 15 is 0 Å². The predicted octanol–water partition coefficient (Wildman–Crippen LogP) is 3.19. The van der Waals surface area contributed by atoms with Gasteiger partial charge in [0, 0.05) is 16.6 Å². The van der Waals surface area contributed by atoms with E-state index in [1.807, 2.05) is 42.5 Å². The van der Waals surface area contributed by atoms with Crippen LogP contribution in [-0.2, 0) is 13.2 Å². The molecule has 2 rings (SSSR count). The lowest BCUT2D eigenvalue weighted by Gasteiger charge is -2.10. The van der Waals surface area contributed by atoms with Crippen LogP contribution in [0.3, 0.4) is 0 Å². The van der Waals surface area contributed by atoms with Crippen molar-refractivity contribution in [3.63, 3.8) is 0 Å². The Morgan fingerprint density at radius 2 is 1.83 bits per heavy atom. The van der Waals surface area contributed by atoms with Gasteiger partial charge in [-0.2, -0.15) is 0 Å². The minimum absolute atomic E-state index is 0.0343. The fraction of sp³-hybridized carbons (Fsp3) is 0.143. The van der Waals surface area contributed by atoms with Crippen molar-refractivity contribution in [3.8, 4) is 11.5 Å². The molecule has 18 heavy (non-hydrogen) atoms. The van der Waals surface area contributed by atoms with Crippen LogP contribution in [0.4, 0.5) is 0 Å². The van der Waals surface area contributed by atoms with Crippen molar-refractivity contribution in [1.82, 2.24) is 0 Å². The van der Waals surface area contributed by atoms with Gasteiger partial charge in [0.25, 0.3) is 0 Å². The molecule has 0 bridgehead atoms. The Morgan fingerprint density at radius 3 is 2.44 bits per heavy atom. The van der Waals surface area contributed by atoms with Gasteiger partial charge in [-0.05, 0) is 35.9 Å². The zero-order valence-corrected chi connectivity index (χ0v) is 11.4. The van der Waals surface area contributed by atoms with E-state index in [9.17, 15) is 0 Å². The van der Waals surface area contributed by atoms with Crippen molar-refractivity contribution in [3.05, 3.63) is 58.1 Å². The van der Waals surface area contributed by atoms with Crippen molar-refractivity contribution < 1.29 is 9.84 Å². The number of nitrogens with two attached hydrogens (primary N) is 1. The van der Waals surface area contributed by atoms with Gasteiger partial charge in [-0.15, -0.1) is 0 Å². The van der Waals surface area contributed by atoms with Crippen molar-refractivity contribution in [1.29, 1.82) is 0 Å². The minimum atomic E-state index is 0.0343. The quantitative estimate of drug-likeness (QED) is 0.912. The molecule has 0 saturated carbocycles. The highest BCUT2D eigenvalue weighted by Crippen LogP contribution is 2.27. The lowest BCUT2D eigenvalue weighted by Crippen LogP contribution is -1.99. The Labute approximate surface area is 114 Å². The van der Waals surface area contributed by atoms with Crippen LogP contribution in [0.1, 0.15) is 11.1 Å². The predicted molar refractivity (Wildman–Crippen MR) is 74.5 cm³/mol. The molecule has 0 aromatic heterocycles. The van der Waals surface area contributed by atoms with Crippen LogP contribution < -0.4 is 10.5 Å². The topological polar surface area (TPSA) is 55.5 Å². The van der Waals surface area contributed by atoms with Gasteiger partial charge in [-0.1, -0.05) is 28.1 Å². The van der Waals surface area contributed by atoms with Gasteiger partial charge in [-0.3, -0.25) is 0 Å². The molecule has 0 saturated heterocycles. The minimum Gasteiger partial charge on any atom is -0.457 e. The molecule has 2 aromatic rings. The molecule has 0 aliphatic heterocycles. The van der Waals surface area contributed by atoms with Gasteiger partial charge in [0.1, 0.15) is 11.5 Å². The number of aliphatic hydroxyl groups excluding tert-OH is 1. The number of ether oxygens (including phenoxy) is 1. The van der Waals surface area contributed by atoms with Crippen molar-refractivity contribution >= 4 is 15.9 Å². The maximum absolute atomic E-state index is 8.97. The van der Waals surface area contributed by atoms with Crippen LogP contribution in [0.2, 0.25) is 0 Å². The first-order valence-electron chi connectivity index (χ1n) is 5.59. The molecule has 3 N–H and O–H groups in total. The molecule has 0 radical (unpaired) electrons. The number of hydrogen-bond donors (Lipinski definition) is 2. The van der Waals surface area contributed by atoms with Crippen molar-refractivity contribution in [2.75, 3.05) is 0 Å². The number of rotatable bonds is 4. The molecule has 0 unspecified atom stereocenters. The molecule has 0 heterocycles. The Bertz CT molecular complexity index is 526. The third-order valence-electron chi connectivity index (χ3n) is 2.58. The molecular formula is C14H14BrNO2. The maximum Gasteiger partial charge on any atom is 0.131 e. The smallest absolute Gasteiger partial charge is 0.131 e. The van der Waals surface area contributed by atoms with Crippen LogP contribution in [0, 0.1) is 0 Å². The van der Waals surface area contributed by atoms with E-state index in [1.54, 1.807) is 0 Å². The number of halogens is 1. The summed E-state index contributed by atoms with van der Waals surface area (Å²) in [5.74, 6) is 1.47. The summed E-state index contributed by atoms with van der Waals surface area (Å²) in [5.41, 5.74) is 7.48. The van der Waals surface area contributed by atoms with Gasteiger partial charge >= 0.3 is 0 Å². The van der Waals surface area contributed by atoms with Gasteiger partial charge < -0.3 is 15.6 Å². The first kappa shape index (κ1) is 13.1. The second kappa shape index (κ2) is 6.00. The number of hydrogen-bond acceptors (Lipinski definition) is 3. The summed E-state index contributed by atoms with van der Waals surface area (Å²) in [4.78, 5) is 0. The zero-order valence-electron chi connectivity index (χ0n) is 9.77. The van der Waals surface area contributed by atoms with Crippen LogP contribution in [-0.4, -0.2) is 5.11 Å². The van der Waals surface area contributed by atoms with Gasteiger partial charge in [0.05, 0.1) is 6.61 Å². The summed E-state index contributed by atoms with van der Waals surface area (Å²) >= 11 is 3.40. The largest absolute Gasteiger partial charge is 0.457 e. The fourth-order valence-electron chi connectivity index (χ4n) is 1.60. The van der Waals surface area contributed by atoms with E-state index in [0.29, 0.717) is 6.54 Å². The van der Waals surface area contributed by atoms with E-state index in [1.165, 1.54) is 0 Å². The molecule has 0 spiro atoms. The molecule has 0 fully saturated rings. The summed E-state index contributed by atoms with van der Waals surface area (Å²) in [7, 11) is 0. The molecule has 94 valence electrons. The summed E-state index contributed by atoms with van der Waals surface area (Å²) < 4.78 is 6.75. The zero-order chi connectivity index (χ0) is 13.0. The molecular weight excluding hydrogens is 294 g/mol. The van der Waals surface area contributed by atoms with Gasteiger partial charge in [0.15, 0.2) is 0 Å². The van der Waals surface area contributed by atoms with Crippen LogP contribution in [0.15, 0.2) is 46.9 Å². The van der Waals surface area contributed by atoms with Crippen molar-refractivity contribution in [2.24, 2.45) is 5.73 Å². The van der Waals surface area contributed by atoms with Crippen LogP contribution in [0.5, 0.6) is 11.5 Å². The van der Waals surface area contributed by atoms with Crippen LogP contribution in [0.25, 0.3) is 0 Å². The average Bonchev–Trinajstić information content (AvgIpc) is 2.41. The molecule has 0 amide bonds. The van der Waals surface area contributed by atoms with E-state index in [0.717, 1.165) is 27.1 Å². The molecule has 3 nitrogen and oxygen atoms in total. The van der Waals surface area contributed by atoms with Crippen LogP contribution >= 0.6 is 15.9 Å². The summed E-state index contributed by atoms with van der Waals surface area (Å²) in [6, 6.07) is 13.1. The lowest BCUT2D eigenvalue weighted by atomic mass is 10.2. The average molecular weight is 308 g/mol. The Kier molecular flexibility index (Phi) is 4.36. The normalized spacial score (nSPS) is 10.4. The number of aliphatic hydroxyl groups is 1.